The van der Waals surface area contributed by atoms with Gasteiger partial charge < -0.3 is 19.7 Å². The molecule has 0 bridgehead atoms. The summed E-state index contributed by atoms with van der Waals surface area (Å²) in [5.41, 5.74) is 1.19. The van der Waals surface area contributed by atoms with E-state index in [1.807, 2.05) is 0 Å². The topological polar surface area (TPSA) is 106 Å². The first-order valence-corrected chi connectivity index (χ1v) is 11.0. The van der Waals surface area contributed by atoms with Gasteiger partial charge in [0.15, 0.2) is 0 Å². The van der Waals surface area contributed by atoms with Gasteiger partial charge in [-0.1, -0.05) is 11.3 Å². The average Bonchev–Trinajstić information content (AvgIpc) is 3.49. The second-order valence-corrected chi connectivity index (χ2v) is 8.27. The zero-order valence-corrected chi connectivity index (χ0v) is 18.8. The highest BCUT2D eigenvalue weighted by molar-refractivity contribution is 7.18. The van der Waals surface area contributed by atoms with Crippen LogP contribution in [-0.2, 0) is 4.79 Å². The fraction of sp³-hybridized carbons (Fsp3) is 0.273. The first kappa shape index (κ1) is 22.5. The number of anilines is 2. The number of urea groups is 1. The number of aromatic nitrogens is 2. The first-order valence-electron chi connectivity index (χ1n) is 10.2. The van der Waals surface area contributed by atoms with E-state index in [0.29, 0.717) is 52.3 Å². The molecule has 0 saturated carbocycles. The molecule has 1 aliphatic rings. The minimum absolute atomic E-state index is 0.309. The Hall–Kier alpha value is -3.73. The van der Waals surface area contributed by atoms with Crippen molar-refractivity contribution in [2.24, 2.45) is 0 Å². The van der Waals surface area contributed by atoms with E-state index in [9.17, 15) is 14.0 Å². The molecule has 1 saturated heterocycles. The summed E-state index contributed by atoms with van der Waals surface area (Å²) in [5.74, 6) is 0.388. The van der Waals surface area contributed by atoms with E-state index < -0.39 is 12.1 Å². The number of hydrogen-bond acceptors (Lipinski definition) is 7. The zero-order chi connectivity index (χ0) is 23.4. The second kappa shape index (κ2) is 9.82. The van der Waals surface area contributed by atoms with Crippen LogP contribution < -0.4 is 20.1 Å². The van der Waals surface area contributed by atoms with Crippen LogP contribution in [0, 0.1) is 5.82 Å². The van der Waals surface area contributed by atoms with Crippen LogP contribution in [0.25, 0.3) is 10.6 Å². The van der Waals surface area contributed by atoms with Crippen LogP contribution in [0.1, 0.15) is 12.8 Å². The molecule has 1 atom stereocenters. The van der Waals surface area contributed by atoms with E-state index in [1.165, 1.54) is 42.6 Å². The summed E-state index contributed by atoms with van der Waals surface area (Å²) in [7, 11) is 3.05. The van der Waals surface area contributed by atoms with E-state index in [1.54, 1.807) is 30.3 Å². The molecule has 0 radical (unpaired) electrons. The maximum Gasteiger partial charge on any atom is 0.322 e. The standard InChI is InChI=1S/C22H22FN5O4S/c1-31-16-10-15(11-17(12-16)32-2)24-22(30)28-9-3-4-18(28)19(29)25-21-27-26-20(33-21)13-5-7-14(23)8-6-13/h5-8,10-12,18H,3-4,9H2,1-2H3,(H,24,30)(H,25,27,29). The Morgan fingerprint density at radius 2 is 1.76 bits per heavy atom. The molecule has 11 heteroatoms. The molecule has 2 heterocycles. The Labute approximate surface area is 193 Å². The van der Waals surface area contributed by atoms with E-state index in [2.05, 4.69) is 20.8 Å². The molecule has 0 spiro atoms. The molecule has 172 valence electrons. The van der Waals surface area contributed by atoms with Gasteiger partial charge in [0.25, 0.3) is 0 Å². The molecule has 1 unspecified atom stereocenters. The van der Waals surface area contributed by atoms with Gasteiger partial charge in [0.1, 0.15) is 28.4 Å². The number of hydrogen-bond donors (Lipinski definition) is 2. The Bertz CT molecular complexity index is 1130. The molecule has 0 aliphatic carbocycles. The molecule has 1 aliphatic heterocycles. The third-order valence-electron chi connectivity index (χ3n) is 5.17. The van der Waals surface area contributed by atoms with Crippen molar-refractivity contribution in [3.8, 4) is 22.1 Å². The molecule has 3 aromatic rings. The van der Waals surface area contributed by atoms with Crippen molar-refractivity contribution < 1.29 is 23.5 Å². The Kier molecular flexibility index (Phi) is 6.68. The van der Waals surface area contributed by atoms with E-state index >= 15 is 0 Å². The van der Waals surface area contributed by atoms with Crippen molar-refractivity contribution in [3.05, 3.63) is 48.3 Å². The van der Waals surface area contributed by atoms with Crippen molar-refractivity contribution in [3.63, 3.8) is 0 Å². The van der Waals surface area contributed by atoms with Gasteiger partial charge in [0, 0.05) is 36.0 Å². The third-order valence-corrected chi connectivity index (χ3v) is 6.05. The van der Waals surface area contributed by atoms with Gasteiger partial charge in [0.05, 0.1) is 14.2 Å². The average molecular weight is 472 g/mol. The van der Waals surface area contributed by atoms with Gasteiger partial charge in [-0.15, -0.1) is 10.2 Å². The smallest absolute Gasteiger partial charge is 0.322 e. The fourth-order valence-corrected chi connectivity index (χ4v) is 4.28. The minimum atomic E-state index is -0.643. The summed E-state index contributed by atoms with van der Waals surface area (Å²) in [6.07, 6.45) is 1.23. The fourth-order valence-electron chi connectivity index (χ4n) is 3.53. The predicted octanol–water partition coefficient (Wildman–Crippen LogP) is 4.00. The Balaban J connectivity index is 1.42. The molecular weight excluding hydrogens is 449 g/mol. The van der Waals surface area contributed by atoms with Crippen LogP contribution in [0.5, 0.6) is 11.5 Å². The number of nitrogens with one attached hydrogen (secondary N) is 2. The van der Waals surface area contributed by atoms with Gasteiger partial charge in [-0.2, -0.15) is 0 Å². The van der Waals surface area contributed by atoms with E-state index in [-0.39, 0.29) is 11.7 Å². The summed E-state index contributed by atoms with van der Waals surface area (Å²) >= 11 is 1.18. The number of methoxy groups -OCH3 is 2. The number of rotatable bonds is 6. The number of nitrogens with zero attached hydrogens (tertiary/aromatic N) is 3. The number of carbonyl (C=O) groups is 2. The van der Waals surface area contributed by atoms with Gasteiger partial charge in [-0.25, -0.2) is 9.18 Å². The van der Waals surface area contributed by atoms with E-state index in [0.717, 1.165) is 0 Å². The maximum atomic E-state index is 13.1. The van der Waals surface area contributed by atoms with Crippen molar-refractivity contribution in [1.82, 2.24) is 15.1 Å². The van der Waals surface area contributed by atoms with Gasteiger partial charge in [0.2, 0.25) is 11.0 Å². The Morgan fingerprint density at radius 3 is 2.42 bits per heavy atom. The monoisotopic (exact) mass is 471 g/mol. The number of benzene rings is 2. The minimum Gasteiger partial charge on any atom is -0.497 e. The quantitative estimate of drug-likeness (QED) is 0.563. The van der Waals surface area contributed by atoms with Crippen LogP contribution in [0.2, 0.25) is 0 Å². The van der Waals surface area contributed by atoms with Crippen LogP contribution in [0.15, 0.2) is 42.5 Å². The molecule has 2 aromatic carbocycles. The molecule has 9 nitrogen and oxygen atoms in total. The largest absolute Gasteiger partial charge is 0.497 e. The number of halogens is 1. The normalized spacial score (nSPS) is 15.2. The van der Waals surface area contributed by atoms with Gasteiger partial charge >= 0.3 is 6.03 Å². The summed E-state index contributed by atoms with van der Waals surface area (Å²) < 4.78 is 23.6. The third kappa shape index (κ3) is 5.20. The highest BCUT2D eigenvalue weighted by Gasteiger charge is 2.34. The molecule has 1 aromatic heterocycles. The number of likely N-dealkylation sites (tertiary alicyclic amines) is 1. The van der Waals surface area contributed by atoms with Gasteiger partial charge in [-0.05, 0) is 37.1 Å². The molecule has 1 fully saturated rings. The van der Waals surface area contributed by atoms with Crippen LogP contribution in [-0.4, -0.2) is 53.8 Å². The van der Waals surface area contributed by atoms with E-state index in [4.69, 9.17) is 9.47 Å². The summed E-state index contributed by atoms with van der Waals surface area (Å²) in [6, 6.07) is 9.86. The number of carbonyl (C=O) groups excluding carboxylic acids is 2. The lowest BCUT2D eigenvalue weighted by atomic mass is 10.2. The zero-order valence-electron chi connectivity index (χ0n) is 18.0. The molecule has 3 amide bonds. The predicted molar refractivity (Wildman–Crippen MR) is 122 cm³/mol. The van der Waals surface area contributed by atoms with Crippen LogP contribution in [0.4, 0.5) is 20.0 Å². The van der Waals surface area contributed by atoms with Crippen molar-refractivity contribution >= 4 is 34.1 Å². The summed E-state index contributed by atoms with van der Waals surface area (Å²) in [4.78, 5) is 27.3. The van der Waals surface area contributed by atoms with Crippen molar-refractivity contribution in [2.45, 2.75) is 18.9 Å². The number of amides is 3. The van der Waals surface area contributed by atoms with Crippen LogP contribution >= 0.6 is 11.3 Å². The van der Waals surface area contributed by atoms with Crippen LogP contribution in [0.3, 0.4) is 0 Å². The first-order chi connectivity index (χ1) is 16.0. The maximum absolute atomic E-state index is 13.1. The SMILES string of the molecule is COc1cc(NC(=O)N2CCCC2C(=O)Nc2nnc(-c3ccc(F)cc3)s2)cc(OC)c1. The highest BCUT2D eigenvalue weighted by atomic mass is 32.1. The highest BCUT2D eigenvalue weighted by Crippen LogP contribution is 2.29. The molecular formula is C22H22FN5O4S. The lowest BCUT2D eigenvalue weighted by molar-refractivity contribution is -0.119. The molecule has 33 heavy (non-hydrogen) atoms. The molecule has 2 N–H and O–H groups in total. The Morgan fingerprint density at radius 1 is 1.06 bits per heavy atom. The summed E-state index contributed by atoms with van der Waals surface area (Å²) in [5, 5.41) is 14.5. The van der Waals surface area contributed by atoms with Crippen molar-refractivity contribution in [2.75, 3.05) is 31.4 Å². The second-order valence-electron chi connectivity index (χ2n) is 7.29. The molecule has 4 rings (SSSR count). The lowest BCUT2D eigenvalue weighted by Gasteiger charge is -2.24. The number of ether oxygens (including phenoxy) is 2. The summed E-state index contributed by atoms with van der Waals surface area (Å²) in [6.45, 7) is 0.446. The van der Waals surface area contributed by atoms with Gasteiger partial charge in [-0.3, -0.25) is 10.1 Å². The van der Waals surface area contributed by atoms with Crippen molar-refractivity contribution in [1.29, 1.82) is 0 Å². The lowest BCUT2D eigenvalue weighted by Crippen LogP contribution is -2.45.